The van der Waals surface area contributed by atoms with Gasteiger partial charge in [-0.25, -0.2) is 9.36 Å². The number of esters is 1. The first kappa shape index (κ1) is 25.8. The van der Waals surface area contributed by atoms with Crippen molar-refractivity contribution in [3.8, 4) is 0 Å². The van der Waals surface area contributed by atoms with E-state index < -0.39 is 28.4 Å². The van der Waals surface area contributed by atoms with Crippen LogP contribution in [0.3, 0.4) is 0 Å². The second-order valence-electron chi connectivity index (χ2n) is 8.82. The number of ether oxygens (including phenoxy) is 1. The Labute approximate surface area is 177 Å². The van der Waals surface area contributed by atoms with Gasteiger partial charge in [0.05, 0.1) is 18.2 Å². The first-order chi connectivity index (χ1) is 14.0. The highest BCUT2D eigenvalue weighted by Gasteiger charge is 2.38. The quantitative estimate of drug-likeness (QED) is 0.404. The predicted molar refractivity (Wildman–Crippen MR) is 113 cm³/mol. The van der Waals surface area contributed by atoms with E-state index in [0.717, 1.165) is 32.1 Å². The zero-order chi connectivity index (χ0) is 22.9. The first-order valence-corrected chi connectivity index (χ1v) is 10.7. The number of nitrogens with one attached hydrogen (secondary N) is 1. The van der Waals surface area contributed by atoms with Crippen LogP contribution in [0.2, 0.25) is 0 Å². The van der Waals surface area contributed by atoms with Crippen LogP contribution in [0.1, 0.15) is 84.4 Å². The molecule has 0 spiro atoms. The molecular formula is C22H35FN2O5. The minimum atomic E-state index is -1.17. The summed E-state index contributed by atoms with van der Waals surface area (Å²) in [6.07, 6.45) is 5.28. The van der Waals surface area contributed by atoms with E-state index in [1.807, 2.05) is 20.8 Å². The fourth-order valence-corrected chi connectivity index (χ4v) is 3.39. The Morgan fingerprint density at radius 1 is 1.10 bits per heavy atom. The van der Waals surface area contributed by atoms with Crippen molar-refractivity contribution in [2.45, 2.75) is 79.6 Å². The molecule has 0 aliphatic rings. The normalized spacial score (nSPS) is 13.5. The van der Waals surface area contributed by atoms with Gasteiger partial charge in [0.1, 0.15) is 0 Å². The molecule has 0 fully saturated rings. The Balaban J connectivity index is 2.28. The van der Waals surface area contributed by atoms with E-state index in [9.17, 15) is 23.6 Å². The number of aromatic nitrogens is 2. The molecule has 1 unspecified atom stereocenters. The summed E-state index contributed by atoms with van der Waals surface area (Å²) in [6.45, 7) is 10.6. The third kappa shape index (κ3) is 7.54. The lowest BCUT2D eigenvalue weighted by molar-refractivity contribution is -0.159. The topological polar surface area (TPSA) is 98.2 Å². The van der Waals surface area contributed by atoms with Gasteiger partial charge >= 0.3 is 11.7 Å². The maximum Gasteiger partial charge on any atom is 0.335 e. The summed E-state index contributed by atoms with van der Waals surface area (Å²) in [5.41, 5.74) is -2.55. The zero-order valence-electron chi connectivity index (χ0n) is 18.8. The number of unbranched alkanes of at least 4 members (excludes halogenated alkanes) is 4. The van der Waals surface area contributed by atoms with Crippen molar-refractivity contribution < 1.29 is 18.7 Å². The second kappa shape index (κ2) is 11.8. The van der Waals surface area contributed by atoms with Crippen LogP contribution >= 0.6 is 0 Å². The van der Waals surface area contributed by atoms with Gasteiger partial charge in [0.25, 0.3) is 5.56 Å². The van der Waals surface area contributed by atoms with Crippen LogP contribution < -0.4 is 11.2 Å². The van der Waals surface area contributed by atoms with Gasteiger partial charge in [0, 0.05) is 6.42 Å². The number of hydrogen-bond donors (Lipinski definition) is 1. The second-order valence-corrected chi connectivity index (χ2v) is 8.82. The summed E-state index contributed by atoms with van der Waals surface area (Å²) >= 11 is 0. The van der Waals surface area contributed by atoms with E-state index in [2.05, 4.69) is 13.8 Å². The van der Waals surface area contributed by atoms with Gasteiger partial charge in [-0.1, -0.05) is 47.0 Å². The van der Waals surface area contributed by atoms with Crippen LogP contribution in [-0.2, 0) is 9.53 Å². The van der Waals surface area contributed by atoms with Crippen LogP contribution in [0.5, 0.6) is 0 Å². The third-order valence-corrected chi connectivity index (χ3v) is 5.51. The number of carbonyl (C=O) groups is 2. The Kier molecular flexibility index (Phi) is 10.2. The lowest BCUT2D eigenvalue weighted by Gasteiger charge is -2.32. The first-order valence-electron chi connectivity index (χ1n) is 10.7. The van der Waals surface area contributed by atoms with Crippen molar-refractivity contribution in [3.05, 3.63) is 32.9 Å². The smallest absolute Gasteiger partial charge is 0.335 e. The highest BCUT2D eigenvalue weighted by Crippen LogP contribution is 2.35. The molecule has 0 saturated carbocycles. The summed E-state index contributed by atoms with van der Waals surface area (Å²) in [7, 11) is 0. The van der Waals surface area contributed by atoms with Crippen molar-refractivity contribution in [2.24, 2.45) is 17.3 Å². The monoisotopic (exact) mass is 426 g/mol. The van der Waals surface area contributed by atoms with E-state index in [1.54, 1.807) is 4.98 Å². The molecule has 1 aromatic heterocycles. The molecule has 0 radical (unpaired) electrons. The number of rotatable bonds is 12. The lowest BCUT2D eigenvalue weighted by Crippen LogP contribution is -2.36. The number of halogens is 1. The van der Waals surface area contributed by atoms with Crippen LogP contribution in [0.15, 0.2) is 15.8 Å². The molecule has 1 rings (SSSR count). The molecule has 1 atom stereocenters. The number of aromatic amines is 1. The van der Waals surface area contributed by atoms with E-state index in [1.165, 1.54) is 0 Å². The molecule has 0 amide bonds. The summed E-state index contributed by atoms with van der Waals surface area (Å²) in [4.78, 5) is 48.8. The van der Waals surface area contributed by atoms with Crippen LogP contribution in [-0.4, -0.2) is 28.0 Å². The number of H-pyrrole nitrogens is 1. The van der Waals surface area contributed by atoms with E-state index in [4.69, 9.17) is 4.74 Å². The van der Waals surface area contributed by atoms with Crippen molar-refractivity contribution in [3.63, 3.8) is 0 Å². The highest BCUT2D eigenvalue weighted by atomic mass is 19.1. The minimum absolute atomic E-state index is 0.0856. The lowest BCUT2D eigenvalue weighted by atomic mass is 9.73. The number of hydrogen-bond acceptors (Lipinski definition) is 5. The average molecular weight is 427 g/mol. The zero-order valence-corrected chi connectivity index (χ0v) is 18.8. The maximum atomic E-state index is 13.2. The van der Waals surface area contributed by atoms with Gasteiger partial charge < -0.3 is 4.74 Å². The van der Waals surface area contributed by atoms with Gasteiger partial charge in [0.2, 0.25) is 11.7 Å². The van der Waals surface area contributed by atoms with Gasteiger partial charge in [-0.05, 0) is 38.0 Å². The molecule has 170 valence electrons. The maximum absolute atomic E-state index is 13.2. The molecular weight excluding hydrogens is 391 g/mol. The Hall–Kier alpha value is -2.25. The summed E-state index contributed by atoms with van der Waals surface area (Å²) in [5, 5.41) is 0. The molecule has 1 heterocycles. The van der Waals surface area contributed by atoms with Crippen molar-refractivity contribution in [1.82, 2.24) is 9.55 Å². The molecule has 0 aromatic carbocycles. The molecule has 7 nitrogen and oxygen atoms in total. The van der Waals surface area contributed by atoms with Crippen LogP contribution in [0.4, 0.5) is 4.39 Å². The number of carbonyl (C=O) groups excluding carboxylic acids is 2. The van der Waals surface area contributed by atoms with Crippen molar-refractivity contribution in [2.75, 3.05) is 6.61 Å². The predicted octanol–water partition coefficient (Wildman–Crippen LogP) is 3.91. The van der Waals surface area contributed by atoms with E-state index in [-0.39, 0.29) is 18.3 Å². The highest BCUT2D eigenvalue weighted by molar-refractivity contribution is 5.78. The molecule has 0 saturated heterocycles. The van der Waals surface area contributed by atoms with Crippen molar-refractivity contribution in [1.29, 1.82) is 0 Å². The third-order valence-electron chi connectivity index (χ3n) is 5.51. The Morgan fingerprint density at radius 2 is 1.70 bits per heavy atom. The molecule has 0 bridgehead atoms. The molecule has 30 heavy (non-hydrogen) atoms. The molecule has 1 aromatic rings. The fraction of sp³-hybridized carbons (Fsp3) is 0.727. The summed E-state index contributed by atoms with van der Waals surface area (Å²) in [6, 6.07) is 0. The fourth-order valence-electron chi connectivity index (χ4n) is 3.39. The Bertz CT molecular complexity index is 828. The van der Waals surface area contributed by atoms with Crippen LogP contribution in [0.25, 0.3) is 0 Å². The van der Waals surface area contributed by atoms with Gasteiger partial charge in [0.15, 0.2) is 0 Å². The van der Waals surface area contributed by atoms with Gasteiger partial charge in [-0.15, -0.1) is 0 Å². The van der Waals surface area contributed by atoms with E-state index >= 15 is 0 Å². The minimum Gasteiger partial charge on any atom is -0.465 e. The molecule has 0 aliphatic carbocycles. The molecule has 0 aliphatic heterocycles. The van der Waals surface area contributed by atoms with Crippen LogP contribution in [0, 0.1) is 23.1 Å². The standard InChI is InChI=1S/C22H35FN2O5/c1-15(2)13-22(5,16(3)4)20(28)30-12-10-8-6-7-9-11-18(26)25-14-17(23)19(27)24-21(25)29/h14-16H,6-13H2,1-5H3,(H,24,27,29). The summed E-state index contributed by atoms with van der Waals surface area (Å²) < 4.78 is 19.3. The SMILES string of the molecule is CC(C)CC(C)(C(=O)OCCCCCCCC(=O)n1cc(F)c(=O)[nH]c1=O)C(C)C. The van der Waals surface area contributed by atoms with Crippen molar-refractivity contribution >= 4 is 11.9 Å². The van der Waals surface area contributed by atoms with Gasteiger partial charge in [-0.3, -0.25) is 19.4 Å². The van der Waals surface area contributed by atoms with E-state index in [0.29, 0.717) is 29.7 Å². The number of nitrogens with zero attached hydrogens (tertiary/aromatic N) is 1. The molecule has 8 heteroatoms. The largest absolute Gasteiger partial charge is 0.465 e. The Morgan fingerprint density at radius 3 is 2.30 bits per heavy atom. The average Bonchev–Trinajstić information content (AvgIpc) is 2.65. The summed E-state index contributed by atoms with van der Waals surface area (Å²) in [5.74, 6) is -1.25. The molecule has 1 N–H and O–H groups in total. The van der Waals surface area contributed by atoms with Gasteiger partial charge in [-0.2, -0.15) is 4.39 Å².